The Kier molecular flexibility index (Phi) is 14.5. The van der Waals surface area contributed by atoms with Crippen LogP contribution in [0, 0.1) is 13.0 Å². The summed E-state index contributed by atoms with van der Waals surface area (Å²) in [5.74, 6) is 0. The second-order valence-electron chi connectivity index (χ2n) is 15.6. The quantitative estimate of drug-likeness (QED) is 0.157. The molecule has 0 aliphatic heterocycles. The monoisotopic (exact) mass is 960 g/mol. The van der Waals surface area contributed by atoms with Gasteiger partial charge in [0.2, 0.25) is 0 Å². The minimum Gasteiger partial charge on any atom is -0.362 e. The maximum absolute atomic E-state index is 4.32. The Morgan fingerprint density at radius 2 is 0.412 bits per heavy atom. The van der Waals surface area contributed by atoms with Crippen molar-refractivity contribution in [3.05, 3.63) is 206 Å². The van der Waals surface area contributed by atoms with E-state index in [4.69, 9.17) is 0 Å². The van der Waals surface area contributed by atoms with Crippen LogP contribution in [-0.2, 0) is 32.7 Å². The van der Waals surface area contributed by atoms with Crippen LogP contribution in [-0.4, -0.2) is 18.3 Å². The van der Waals surface area contributed by atoms with Crippen molar-refractivity contribution >= 4 is 87.2 Å². The van der Waals surface area contributed by atoms with Crippen LogP contribution in [0.15, 0.2) is 194 Å². The van der Waals surface area contributed by atoms with Crippen LogP contribution in [0.3, 0.4) is 0 Å². The van der Waals surface area contributed by atoms with Gasteiger partial charge >= 0.3 is 0 Å². The summed E-state index contributed by atoms with van der Waals surface area (Å²) < 4.78 is 9.93. The predicted molar refractivity (Wildman–Crippen MR) is 293 cm³/mol. The van der Waals surface area contributed by atoms with Crippen molar-refractivity contribution in [3.8, 4) is 22.7 Å². The van der Waals surface area contributed by atoms with Gasteiger partial charge in [0.1, 0.15) is 0 Å². The van der Waals surface area contributed by atoms with E-state index < -0.39 is 0 Å². The molecule has 0 aliphatic carbocycles. The normalized spacial score (nSPS) is 10.9. The number of nitrogens with zero attached hydrogens (tertiary/aromatic N) is 4. The zero-order valence-corrected chi connectivity index (χ0v) is 43.7. The average Bonchev–Trinajstić information content (AvgIpc) is 4.14. The molecule has 0 atom stereocenters. The number of hydrogen-bond donors (Lipinski definition) is 0. The van der Waals surface area contributed by atoms with E-state index in [9.17, 15) is 0 Å². The van der Waals surface area contributed by atoms with E-state index in [1.54, 1.807) is 0 Å². The number of rotatable bonds is 4. The van der Waals surface area contributed by atoms with Crippen LogP contribution < -0.4 is 0 Å². The maximum atomic E-state index is 4.32. The summed E-state index contributed by atoms with van der Waals surface area (Å²) in [7, 11) is 0. The average molecular weight is 961 g/mol. The summed E-state index contributed by atoms with van der Waals surface area (Å²) in [5.41, 5.74) is 14.5. The summed E-state index contributed by atoms with van der Waals surface area (Å²) in [5, 5.41) is 9.75. The molecule has 4 aromatic heterocycles. The molecule has 4 nitrogen and oxygen atoms in total. The van der Waals surface area contributed by atoms with Gasteiger partial charge in [-0.25, -0.2) is 0 Å². The van der Waals surface area contributed by atoms with Crippen LogP contribution in [0.4, 0.5) is 0 Å². The van der Waals surface area contributed by atoms with Gasteiger partial charge in [0, 0.05) is 97.9 Å². The number of benzene rings is 9. The number of hydrogen-bond acceptors (Lipinski definition) is 0. The molecule has 335 valence electrons. The Balaban J connectivity index is 0.000000662. The number of fused-ring (bicyclic) bond motifs is 12. The zero-order chi connectivity index (χ0) is 46.8. The van der Waals surface area contributed by atoms with E-state index in [0.29, 0.717) is 0 Å². The van der Waals surface area contributed by atoms with Gasteiger partial charge in [0.15, 0.2) is 0 Å². The minimum absolute atomic E-state index is 0. The Labute approximate surface area is 425 Å². The molecule has 1 radical (unpaired) electrons. The molecule has 4 heterocycles. The molecule has 0 N–H and O–H groups in total. The molecule has 0 bridgehead atoms. The maximum Gasteiger partial charge on any atom is 0.0519 e. The van der Waals surface area contributed by atoms with Gasteiger partial charge in [0.05, 0.1) is 22.1 Å². The molecule has 68 heavy (non-hydrogen) atoms. The summed E-state index contributed by atoms with van der Waals surface area (Å²) in [4.78, 5) is 0. The summed E-state index contributed by atoms with van der Waals surface area (Å²) in [6.45, 7) is 18.3. The fourth-order valence-electron chi connectivity index (χ4n) is 10.2. The molecule has 13 aromatic rings. The largest absolute Gasteiger partial charge is 0.362 e. The van der Waals surface area contributed by atoms with Crippen molar-refractivity contribution in [2.75, 3.05) is 0 Å². The van der Waals surface area contributed by atoms with Gasteiger partial charge in [-0.3, -0.25) is 0 Å². The smallest absolute Gasteiger partial charge is 0.0519 e. The first-order valence-electron chi connectivity index (χ1n) is 24.3. The van der Waals surface area contributed by atoms with Crippen LogP contribution in [0.1, 0.15) is 61.0 Å². The summed E-state index contributed by atoms with van der Waals surface area (Å²) in [6.07, 6.45) is 0. The SMILES string of the molecule is CC.CC.CC.CC.Cc1c(-n2c3ccccc3c3ccccc32)c(-n2c3ccccc3c3ccccc32)[c-]c(-n2c3ccccc3c3ccccc32)c1-n1c2ccccc2c2ccccc21.[Y]. The van der Waals surface area contributed by atoms with Gasteiger partial charge in [-0.2, -0.15) is 0 Å². The number of para-hydroxylation sites is 8. The fourth-order valence-corrected chi connectivity index (χ4v) is 10.2. The molecule has 0 saturated heterocycles. The molecule has 0 aliphatic rings. The van der Waals surface area contributed by atoms with Crippen molar-refractivity contribution in [1.82, 2.24) is 18.3 Å². The first-order chi connectivity index (χ1) is 33.3. The van der Waals surface area contributed by atoms with Gasteiger partial charge in [0.25, 0.3) is 0 Å². The van der Waals surface area contributed by atoms with Crippen molar-refractivity contribution in [1.29, 1.82) is 0 Å². The molecule has 0 saturated carbocycles. The molecule has 0 unspecified atom stereocenters. The van der Waals surface area contributed by atoms with Crippen molar-refractivity contribution < 1.29 is 32.7 Å². The van der Waals surface area contributed by atoms with Crippen molar-refractivity contribution in [2.45, 2.75) is 62.3 Å². The van der Waals surface area contributed by atoms with Gasteiger partial charge < -0.3 is 18.3 Å². The third kappa shape index (κ3) is 7.37. The minimum atomic E-state index is 0. The third-order valence-corrected chi connectivity index (χ3v) is 12.6. The molecule has 0 spiro atoms. The van der Waals surface area contributed by atoms with Crippen molar-refractivity contribution in [3.63, 3.8) is 0 Å². The Morgan fingerprint density at radius 3 is 0.603 bits per heavy atom. The topological polar surface area (TPSA) is 19.7 Å². The van der Waals surface area contributed by atoms with Gasteiger partial charge in [-0.15, -0.1) is 11.6 Å². The first kappa shape index (κ1) is 47.8. The standard InChI is InChI=1S/C55H35N4.4C2H6.Y/c1-35-54(58-48-30-14-6-22-40(48)41-23-7-15-31-49(41)58)52(56-44-26-10-2-18-36(44)37-19-3-11-27-45(37)56)34-53(57-46-28-12-4-20-38(46)39-21-5-13-29-47(39)57)55(35)59-50-32-16-8-24-42(50)43-25-9-17-33-51(43)59;4*1-2;/h2-33H,1H3;4*1-2H3;/q-1;;;;;. The van der Waals surface area contributed by atoms with Crippen LogP contribution >= 0.6 is 0 Å². The Morgan fingerprint density at radius 1 is 0.250 bits per heavy atom. The molecular formula is C63H59N4Y-. The van der Waals surface area contributed by atoms with E-state index in [1.165, 1.54) is 43.1 Å². The molecule has 0 fully saturated rings. The zero-order valence-electron chi connectivity index (χ0n) is 40.8. The Hall–Kier alpha value is -6.72. The fraction of sp³-hybridized carbons (Fsp3) is 0.143. The van der Waals surface area contributed by atoms with Gasteiger partial charge in [-0.05, 0) is 71.3 Å². The Bertz CT molecular complexity index is 3410. The van der Waals surface area contributed by atoms with E-state index >= 15 is 0 Å². The number of aromatic nitrogens is 4. The van der Waals surface area contributed by atoms with Crippen LogP contribution in [0.2, 0.25) is 0 Å². The molecule has 9 aromatic carbocycles. The molecule has 13 rings (SSSR count). The van der Waals surface area contributed by atoms with E-state index in [2.05, 4.69) is 225 Å². The van der Waals surface area contributed by atoms with Crippen LogP contribution in [0.5, 0.6) is 0 Å². The van der Waals surface area contributed by atoms with E-state index in [1.807, 2.05) is 55.4 Å². The molecule has 5 heteroatoms. The summed E-state index contributed by atoms with van der Waals surface area (Å²) in [6, 6.07) is 75.0. The second-order valence-corrected chi connectivity index (χ2v) is 15.6. The van der Waals surface area contributed by atoms with E-state index in [-0.39, 0.29) is 32.7 Å². The summed E-state index contributed by atoms with van der Waals surface area (Å²) >= 11 is 0. The predicted octanol–water partition coefficient (Wildman–Crippen LogP) is 18.3. The molecular weight excluding hydrogens is 902 g/mol. The third-order valence-electron chi connectivity index (χ3n) is 12.6. The van der Waals surface area contributed by atoms with Crippen molar-refractivity contribution in [2.24, 2.45) is 0 Å². The second kappa shape index (κ2) is 20.7. The first-order valence-corrected chi connectivity index (χ1v) is 24.3. The van der Waals surface area contributed by atoms with Gasteiger partial charge in [-0.1, -0.05) is 208 Å². The molecule has 0 amide bonds. The van der Waals surface area contributed by atoms with E-state index in [0.717, 1.165) is 72.4 Å². The van der Waals surface area contributed by atoms with Crippen LogP contribution in [0.25, 0.3) is 110 Å².